The standard InChI is InChI=1S/C16H23N3O3/c1-18-7-2-8-19(10-9-18)16(20)17-6-5-13-3-4-14-15(11-13)22-12-21-14/h3-4,11H,2,5-10,12H2,1H3,(H,17,20). The van der Waals surface area contributed by atoms with Crippen LogP contribution in [0, 0.1) is 0 Å². The van der Waals surface area contributed by atoms with Gasteiger partial charge in [0.2, 0.25) is 6.79 Å². The summed E-state index contributed by atoms with van der Waals surface area (Å²) < 4.78 is 10.7. The SMILES string of the molecule is CN1CCCN(C(=O)NCCc2ccc3c(c2)OCO3)CC1. The number of carbonyl (C=O) groups excluding carboxylic acids is 1. The Kier molecular flexibility index (Phi) is 4.68. The Morgan fingerprint density at radius 1 is 1.18 bits per heavy atom. The fraction of sp³-hybridized carbons (Fsp3) is 0.562. The van der Waals surface area contributed by atoms with Crippen LogP contribution in [-0.4, -0.2) is 62.4 Å². The van der Waals surface area contributed by atoms with Crippen molar-refractivity contribution in [2.24, 2.45) is 0 Å². The molecule has 2 heterocycles. The summed E-state index contributed by atoms with van der Waals surface area (Å²) in [6.07, 6.45) is 1.82. The van der Waals surface area contributed by atoms with Crippen molar-refractivity contribution in [3.63, 3.8) is 0 Å². The molecule has 2 amide bonds. The van der Waals surface area contributed by atoms with Crippen LogP contribution in [0.15, 0.2) is 18.2 Å². The summed E-state index contributed by atoms with van der Waals surface area (Å²) in [5.74, 6) is 1.58. The molecule has 120 valence electrons. The van der Waals surface area contributed by atoms with Gasteiger partial charge >= 0.3 is 6.03 Å². The molecule has 1 aromatic carbocycles. The number of ether oxygens (including phenoxy) is 2. The lowest BCUT2D eigenvalue weighted by Crippen LogP contribution is -2.42. The van der Waals surface area contributed by atoms with Crippen LogP contribution in [-0.2, 0) is 6.42 Å². The second kappa shape index (κ2) is 6.87. The van der Waals surface area contributed by atoms with Gasteiger partial charge in [-0.1, -0.05) is 6.07 Å². The molecule has 2 aliphatic rings. The van der Waals surface area contributed by atoms with Crippen LogP contribution in [0.25, 0.3) is 0 Å². The van der Waals surface area contributed by atoms with Gasteiger partial charge < -0.3 is 24.6 Å². The molecule has 2 aliphatic heterocycles. The highest BCUT2D eigenvalue weighted by molar-refractivity contribution is 5.74. The maximum atomic E-state index is 12.2. The monoisotopic (exact) mass is 305 g/mol. The quantitative estimate of drug-likeness (QED) is 0.915. The Labute approximate surface area is 131 Å². The Morgan fingerprint density at radius 3 is 2.95 bits per heavy atom. The average molecular weight is 305 g/mol. The van der Waals surface area contributed by atoms with Crippen molar-refractivity contribution < 1.29 is 14.3 Å². The molecule has 0 bridgehead atoms. The van der Waals surface area contributed by atoms with E-state index >= 15 is 0 Å². The molecule has 0 atom stereocenters. The predicted molar refractivity (Wildman–Crippen MR) is 83.4 cm³/mol. The van der Waals surface area contributed by atoms with Gasteiger partial charge in [-0.2, -0.15) is 0 Å². The molecular weight excluding hydrogens is 282 g/mol. The van der Waals surface area contributed by atoms with Gasteiger partial charge in [-0.05, 0) is 44.1 Å². The van der Waals surface area contributed by atoms with Crippen LogP contribution < -0.4 is 14.8 Å². The van der Waals surface area contributed by atoms with Crippen LogP contribution in [0.3, 0.4) is 0 Å². The molecule has 22 heavy (non-hydrogen) atoms. The van der Waals surface area contributed by atoms with E-state index in [1.54, 1.807) is 0 Å². The van der Waals surface area contributed by atoms with Crippen LogP contribution in [0.5, 0.6) is 11.5 Å². The van der Waals surface area contributed by atoms with Crippen LogP contribution in [0.2, 0.25) is 0 Å². The van der Waals surface area contributed by atoms with Crippen molar-refractivity contribution in [2.45, 2.75) is 12.8 Å². The molecule has 3 rings (SSSR count). The summed E-state index contributed by atoms with van der Waals surface area (Å²) in [6.45, 7) is 4.55. The largest absolute Gasteiger partial charge is 0.454 e. The Bertz CT molecular complexity index is 535. The molecular formula is C16H23N3O3. The number of hydrogen-bond donors (Lipinski definition) is 1. The van der Waals surface area contributed by atoms with E-state index in [4.69, 9.17) is 9.47 Å². The lowest BCUT2D eigenvalue weighted by atomic mass is 10.1. The van der Waals surface area contributed by atoms with Gasteiger partial charge in [0.25, 0.3) is 0 Å². The van der Waals surface area contributed by atoms with Crippen molar-refractivity contribution in [3.8, 4) is 11.5 Å². The van der Waals surface area contributed by atoms with E-state index in [9.17, 15) is 4.79 Å². The summed E-state index contributed by atoms with van der Waals surface area (Å²) in [5.41, 5.74) is 1.14. The van der Waals surface area contributed by atoms with Crippen molar-refractivity contribution in [2.75, 3.05) is 46.6 Å². The van der Waals surface area contributed by atoms with E-state index in [0.29, 0.717) is 13.3 Å². The first kappa shape index (κ1) is 15.0. The fourth-order valence-electron chi connectivity index (χ4n) is 2.77. The number of nitrogens with one attached hydrogen (secondary N) is 1. The zero-order valence-electron chi connectivity index (χ0n) is 13.0. The Morgan fingerprint density at radius 2 is 2.05 bits per heavy atom. The second-order valence-corrected chi connectivity index (χ2v) is 5.81. The van der Waals surface area contributed by atoms with E-state index < -0.39 is 0 Å². The lowest BCUT2D eigenvalue weighted by Gasteiger charge is -2.21. The average Bonchev–Trinajstić information content (AvgIpc) is 2.87. The molecule has 0 aromatic heterocycles. The first-order valence-corrected chi connectivity index (χ1v) is 7.82. The zero-order valence-corrected chi connectivity index (χ0v) is 13.0. The topological polar surface area (TPSA) is 54.0 Å². The summed E-state index contributed by atoms with van der Waals surface area (Å²) in [4.78, 5) is 16.4. The van der Waals surface area contributed by atoms with Crippen molar-refractivity contribution >= 4 is 6.03 Å². The first-order valence-electron chi connectivity index (χ1n) is 7.82. The molecule has 1 fully saturated rings. The number of hydrogen-bond acceptors (Lipinski definition) is 4. The van der Waals surface area contributed by atoms with Crippen LogP contribution in [0.4, 0.5) is 4.79 Å². The minimum atomic E-state index is 0.0380. The van der Waals surface area contributed by atoms with Gasteiger partial charge in [-0.15, -0.1) is 0 Å². The Balaban J connectivity index is 1.45. The van der Waals surface area contributed by atoms with Crippen molar-refractivity contribution in [3.05, 3.63) is 23.8 Å². The van der Waals surface area contributed by atoms with Gasteiger partial charge in [0, 0.05) is 26.2 Å². The van der Waals surface area contributed by atoms with Crippen LogP contribution in [0.1, 0.15) is 12.0 Å². The van der Waals surface area contributed by atoms with E-state index in [-0.39, 0.29) is 6.03 Å². The third-order valence-corrected chi connectivity index (χ3v) is 4.13. The molecule has 1 N–H and O–H groups in total. The van der Waals surface area contributed by atoms with Gasteiger partial charge in [0.05, 0.1) is 0 Å². The summed E-state index contributed by atoms with van der Waals surface area (Å²) >= 11 is 0. The number of carbonyl (C=O) groups is 1. The number of urea groups is 1. The minimum Gasteiger partial charge on any atom is -0.454 e. The maximum Gasteiger partial charge on any atom is 0.317 e. The van der Waals surface area contributed by atoms with Gasteiger partial charge in [0.15, 0.2) is 11.5 Å². The number of fused-ring (bicyclic) bond motifs is 1. The third kappa shape index (κ3) is 3.62. The third-order valence-electron chi connectivity index (χ3n) is 4.13. The molecule has 6 nitrogen and oxygen atoms in total. The number of benzene rings is 1. The fourth-order valence-corrected chi connectivity index (χ4v) is 2.77. The molecule has 1 saturated heterocycles. The molecule has 6 heteroatoms. The highest BCUT2D eigenvalue weighted by atomic mass is 16.7. The number of likely N-dealkylation sites (N-methyl/N-ethyl adjacent to an activating group) is 1. The number of rotatable bonds is 3. The molecule has 0 radical (unpaired) electrons. The summed E-state index contributed by atoms with van der Waals surface area (Å²) in [5, 5.41) is 3.01. The van der Waals surface area contributed by atoms with Crippen molar-refractivity contribution in [1.82, 2.24) is 15.1 Å². The molecule has 0 aliphatic carbocycles. The highest BCUT2D eigenvalue weighted by Crippen LogP contribution is 2.32. The highest BCUT2D eigenvalue weighted by Gasteiger charge is 2.17. The Hall–Kier alpha value is -1.95. The van der Waals surface area contributed by atoms with Gasteiger partial charge in [-0.25, -0.2) is 4.79 Å². The van der Waals surface area contributed by atoms with Gasteiger partial charge in [0.1, 0.15) is 0 Å². The zero-order chi connectivity index (χ0) is 15.4. The van der Waals surface area contributed by atoms with E-state index in [0.717, 1.165) is 56.1 Å². The molecule has 0 unspecified atom stereocenters. The molecule has 1 aromatic rings. The second-order valence-electron chi connectivity index (χ2n) is 5.81. The van der Waals surface area contributed by atoms with Crippen molar-refractivity contribution in [1.29, 1.82) is 0 Å². The predicted octanol–water partition coefficient (Wildman–Crippen LogP) is 1.30. The number of amides is 2. The summed E-state index contributed by atoms with van der Waals surface area (Å²) in [6, 6.07) is 5.95. The minimum absolute atomic E-state index is 0.0380. The van der Waals surface area contributed by atoms with Crippen LogP contribution >= 0.6 is 0 Å². The first-order chi connectivity index (χ1) is 10.7. The normalized spacial score (nSPS) is 18.1. The van der Waals surface area contributed by atoms with Gasteiger partial charge in [-0.3, -0.25) is 0 Å². The molecule has 0 saturated carbocycles. The van der Waals surface area contributed by atoms with E-state index in [2.05, 4.69) is 17.3 Å². The summed E-state index contributed by atoms with van der Waals surface area (Å²) in [7, 11) is 2.10. The van der Waals surface area contributed by atoms with E-state index in [1.165, 1.54) is 0 Å². The number of nitrogens with zero attached hydrogens (tertiary/aromatic N) is 2. The molecule has 0 spiro atoms. The maximum absolute atomic E-state index is 12.2. The van der Waals surface area contributed by atoms with E-state index in [1.807, 2.05) is 23.1 Å². The lowest BCUT2D eigenvalue weighted by molar-refractivity contribution is 0.174. The smallest absolute Gasteiger partial charge is 0.317 e.